The number of hydrogen-bond acceptors (Lipinski definition) is 3. The number of carbonyl (C=O) groups excluding carboxylic acids is 1. The Balaban J connectivity index is 1.18. The fourth-order valence-electron chi connectivity index (χ4n) is 5.67. The molecule has 2 aliphatic rings. The van der Waals surface area contributed by atoms with Gasteiger partial charge in [0.15, 0.2) is 0 Å². The maximum atomic E-state index is 14.4. The molecule has 5 rings (SSSR count). The van der Waals surface area contributed by atoms with Crippen LogP contribution in [0.4, 0.5) is 18.9 Å². The minimum Gasteiger partial charge on any atom is -0.492 e. The predicted octanol–water partition coefficient (Wildman–Crippen LogP) is 6.54. The summed E-state index contributed by atoms with van der Waals surface area (Å²) in [6, 6.07) is 17.2. The van der Waals surface area contributed by atoms with E-state index in [1.807, 2.05) is 0 Å². The Morgan fingerprint density at radius 3 is 2.18 bits per heavy atom. The molecule has 0 aliphatic carbocycles. The van der Waals surface area contributed by atoms with Gasteiger partial charge in [0.25, 0.3) is 0 Å². The number of amides is 1. The second-order valence-electron chi connectivity index (χ2n) is 10.3. The van der Waals surface area contributed by atoms with Crippen LogP contribution >= 0.6 is 0 Å². The highest BCUT2D eigenvalue weighted by atomic mass is 19.1. The van der Waals surface area contributed by atoms with Gasteiger partial charge in [-0.2, -0.15) is 0 Å². The van der Waals surface area contributed by atoms with Gasteiger partial charge < -0.3 is 9.64 Å². The zero-order chi connectivity index (χ0) is 26.5. The summed E-state index contributed by atoms with van der Waals surface area (Å²) in [6.07, 6.45) is 3.88. The molecule has 38 heavy (non-hydrogen) atoms. The molecule has 1 amide bonds. The van der Waals surface area contributed by atoms with Crippen LogP contribution in [0.25, 0.3) is 0 Å². The van der Waals surface area contributed by atoms with E-state index in [1.54, 1.807) is 35.2 Å². The third-order valence-corrected chi connectivity index (χ3v) is 7.77. The van der Waals surface area contributed by atoms with Crippen molar-refractivity contribution in [1.29, 1.82) is 0 Å². The van der Waals surface area contributed by atoms with Crippen LogP contribution < -0.4 is 9.64 Å². The predicted molar refractivity (Wildman–Crippen MR) is 142 cm³/mol. The molecule has 200 valence electrons. The van der Waals surface area contributed by atoms with Crippen molar-refractivity contribution < 1.29 is 22.7 Å². The number of carbonyl (C=O) groups is 1. The van der Waals surface area contributed by atoms with Crippen molar-refractivity contribution in [2.75, 3.05) is 37.7 Å². The van der Waals surface area contributed by atoms with Crippen molar-refractivity contribution in [2.24, 2.45) is 5.92 Å². The third-order valence-electron chi connectivity index (χ3n) is 7.77. The molecule has 2 aliphatic heterocycles. The van der Waals surface area contributed by atoms with Gasteiger partial charge in [0.05, 0.1) is 5.69 Å². The molecule has 1 unspecified atom stereocenters. The smallest absolute Gasteiger partial charge is 0.227 e. The number of rotatable bonds is 7. The normalized spacial score (nSPS) is 18.6. The monoisotopic (exact) mass is 522 g/mol. The van der Waals surface area contributed by atoms with Crippen LogP contribution in [-0.2, 0) is 4.79 Å². The number of benzene rings is 3. The number of anilines is 1. The molecule has 0 spiro atoms. The molecule has 2 heterocycles. The van der Waals surface area contributed by atoms with Crippen molar-refractivity contribution in [3.8, 4) is 5.75 Å². The molecular formula is C31H33F3N2O2. The highest BCUT2D eigenvalue weighted by molar-refractivity contribution is 5.94. The van der Waals surface area contributed by atoms with Gasteiger partial charge >= 0.3 is 0 Å². The average Bonchev–Trinajstić information content (AvgIpc) is 3.11. The van der Waals surface area contributed by atoms with Crippen LogP contribution in [0.2, 0.25) is 0 Å². The molecule has 1 atom stereocenters. The summed E-state index contributed by atoms with van der Waals surface area (Å²) < 4.78 is 46.6. The number of nitrogens with zero attached hydrogens (tertiary/aromatic N) is 2. The van der Waals surface area contributed by atoms with E-state index in [-0.39, 0.29) is 35.2 Å². The number of hydrogen-bond donors (Lipinski definition) is 0. The first kappa shape index (κ1) is 26.3. The molecule has 0 saturated carbocycles. The summed E-state index contributed by atoms with van der Waals surface area (Å²) in [5.41, 5.74) is 2.53. The van der Waals surface area contributed by atoms with E-state index in [0.717, 1.165) is 56.4 Å². The molecule has 7 heteroatoms. The second kappa shape index (κ2) is 12.0. The standard InChI is InChI=1S/C31H33F3N2O2/c32-24-5-3-23(4-6-24)28-2-1-15-36(30-21-26(34)9-12-29(28)30)31(37)20-22-13-16-35(17-14-22)18-19-38-27-10-7-25(33)8-11-27/h3-12,21-22,28H,1-2,13-20H2. The van der Waals surface area contributed by atoms with Crippen molar-refractivity contribution in [1.82, 2.24) is 4.90 Å². The summed E-state index contributed by atoms with van der Waals surface area (Å²) in [5, 5.41) is 0. The fraction of sp³-hybridized carbons (Fsp3) is 0.387. The van der Waals surface area contributed by atoms with E-state index in [9.17, 15) is 18.0 Å². The van der Waals surface area contributed by atoms with Crippen LogP contribution in [0.1, 0.15) is 49.1 Å². The maximum Gasteiger partial charge on any atom is 0.227 e. The van der Waals surface area contributed by atoms with Crippen LogP contribution in [0.3, 0.4) is 0 Å². The minimum absolute atomic E-state index is 0.00985. The molecule has 1 fully saturated rings. The van der Waals surface area contributed by atoms with Gasteiger partial charge in [0.1, 0.15) is 29.8 Å². The topological polar surface area (TPSA) is 32.8 Å². The Hall–Kier alpha value is -3.32. The van der Waals surface area contributed by atoms with Gasteiger partial charge in [-0.25, -0.2) is 13.2 Å². The van der Waals surface area contributed by atoms with Crippen molar-refractivity contribution in [2.45, 2.75) is 38.0 Å². The summed E-state index contributed by atoms with van der Waals surface area (Å²) in [7, 11) is 0. The van der Waals surface area contributed by atoms with E-state index in [0.29, 0.717) is 31.0 Å². The third kappa shape index (κ3) is 6.38. The quantitative estimate of drug-likeness (QED) is 0.353. The first-order chi connectivity index (χ1) is 18.5. The fourth-order valence-corrected chi connectivity index (χ4v) is 5.67. The summed E-state index contributed by atoms with van der Waals surface area (Å²) in [4.78, 5) is 17.6. The van der Waals surface area contributed by atoms with Gasteiger partial charge in [0, 0.05) is 25.4 Å². The summed E-state index contributed by atoms with van der Waals surface area (Å²) in [5.74, 6) is 0.0320. The van der Waals surface area contributed by atoms with Crippen molar-refractivity contribution in [3.63, 3.8) is 0 Å². The Labute approximate surface area is 222 Å². The van der Waals surface area contributed by atoms with Crippen LogP contribution in [-0.4, -0.2) is 43.6 Å². The lowest BCUT2D eigenvalue weighted by molar-refractivity contribution is -0.119. The number of halogens is 3. The Kier molecular flexibility index (Phi) is 8.32. The lowest BCUT2D eigenvalue weighted by atomic mass is 9.87. The maximum absolute atomic E-state index is 14.4. The molecule has 0 radical (unpaired) electrons. The highest BCUT2D eigenvalue weighted by Gasteiger charge is 2.30. The van der Waals surface area contributed by atoms with Gasteiger partial charge in [-0.05, 0) is 104 Å². The molecule has 1 saturated heterocycles. The summed E-state index contributed by atoms with van der Waals surface area (Å²) in [6.45, 7) is 3.64. The Morgan fingerprint density at radius 2 is 1.47 bits per heavy atom. The lowest BCUT2D eigenvalue weighted by Gasteiger charge is -2.33. The van der Waals surface area contributed by atoms with E-state index in [1.165, 1.54) is 36.4 Å². The van der Waals surface area contributed by atoms with Crippen molar-refractivity contribution >= 4 is 11.6 Å². The molecular weight excluding hydrogens is 489 g/mol. The van der Waals surface area contributed by atoms with E-state index in [4.69, 9.17) is 4.74 Å². The number of piperidine rings is 1. The number of fused-ring (bicyclic) bond motifs is 1. The Morgan fingerprint density at radius 1 is 0.816 bits per heavy atom. The second-order valence-corrected chi connectivity index (χ2v) is 10.3. The molecule has 3 aromatic rings. The van der Waals surface area contributed by atoms with E-state index in [2.05, 4.69) is 4.90 Å². The van der Waals surface area contributed by atoms with Gasteiger partial charge in [0.2, 0.25) is 5.91 Å². The average molecular weight is 523 g/mol. The van der Waals surface area contributed by atoms with Crippen LogP contribution in [0.15, 0.2) is 66.7 Å². The minimum atomic E-state index is -0.363. The van der Waals surface area contributed by atoms with E-state index >= 15 is 0 Å². The first-order valence-electron chi connectivity index (χ1n) is 13.4. The van der Waals surface area contributed by atoms with Gasteiger partial charge in [-0.1, -0.05) is 18.2 Å². The van der Waals surface area contributed by atoms with Crippen molar-refractivity contribution in [3.05, 3.63) is 95.3 Å². The first-order valence-corrected chi connectivity index (χ1v) is 13.4. The van der Waals surface area contributed by atoms with Crippen LogP contribution in [0.5, 0.6) is 5.75 Å². The highest BCUT2D eigenvalue weighted by Crippen LogP contribution is 2.39. The number of ether oxygens (including phenoxy) is 1. The molecule has 4 nitrogen and oxygen atoms in total. The largest absolute Gasteiger partial charge is 0.492 e. The lowest BCUT2D eigenvalue weighted by Crippen LogP contribution is -2.39. The Bertz CT molecular complexity index is 1220. The number of likely N-dealkylation sites (tertiary alicyclic amines) is 1. The molecule has 0 bridgehead atoms. The van der Waals surface area contributed by atoms with E-state index < -0.39 is 0 Å². The molecule has 0 aromatic heterocycles. The molecule has 3 aromatic carbocycles. The van der Waals surface area contributed by atoms with Gasteiger partial charge in [-0.15, -0.1) is 0 Å². The SMILES string of the molecule is O=C(CC1CCN(CCOc2ccc(F)cc2)CC1)N1CCCC(c2ccc(F)cc2)c2ccc(F)cc21. The van der Waals surface area contributed by atoms with Crippen LogP contribution in [0, 0.1) is 23.4 Å². The zero-order valence-electron chi connectivity index (χ0n) is 21.4. The summed E-state index contributed by atoms with van der Waals surface area (Å²) >= 11 is 0. The molecule has 0 N–H and O–H groups in total. The zero-order valence-corrected chi connectivity index (χ0v) is 21.4. The van der Waals surface area contributed by atoms with Gasteiger partial charge in [-0.3, -0.25) is 9.69 Å².